The van der Waals surface area contributed by atoms with Gasteiger partial charge in [-0.1, -0.05) is 6.07 Å². The topological polar surface area (TPSA) is 32.8 Å². The van der Waals surface area contributed by atoms with Gasteiger partial charge in [-0.05, 0) is 48.9 Å². The lowest BCUT2D eigenvalue weighted by molar-refractivity contribution is 0.0760. The average molecular weight is 360 g/mol. The molecule has 1 aliphatic heterocycles. The van der Waals surface area contributed by atoms with Crippen molar-refractivity contribution in [1.29, 1.82) is 0 Å². The highest BCUT2D eigenvalue weighted by molar-refractivity contribution is 5.94. The molecule has 6 heteroatoms. The van der Waals surface area contributed by atoms with E-state index >= 15 is 0 Å². The number of carbonyl (C=O) groups excluding carboxylic acids is 1. The molecule has 3 rings (SSSR count). The third-order valence-corrected chi connectivity index (χ3v) is 4.44. The zero-order chi connectivity index (χ0) is 18.4. The van der Waals surface area contributed by atoms with E-state index in [0.29, 0.717) is 31.0 Å². The number of ether oxygens (including phenoxy) is 1. The van der Waals surface area contributed by atoms with E-state index in [-0.39, 0.29) is 11.7 Å². The van der Waals surface area contributed by atoms with Crippen LogP contribution in [0.2, 0.25) is 0 Å². The zero-order valence-corrected chi connectivity index (χ0v) is 14.5. The summed E-state index contributed by atoms with van der Waals surface area (Å²) in [4.78, 5) is 16.5. The molecule has 0 saturated carbocycles. The number of nitrogens with zero attached hydrogens (tertiary/aromatic N) is 2. The number of hydrogen-bond acceptors (Lipinski definition) is 3. The fourth-order valence-corrected chi connectivity index (χ4v) is 3.03. The van der Waals surface area contributed by atoms with Crippen LogP contribution in [0, 0.1) is 11.6 Å². The van der Waals surface area contributed by atoms with Crippen LogP contribution in [0.5, 0.6) is 5.75 Å². The van der Waals surface area contributed by atoms with Gasteiger partial charge in [0.25, 0.3) is 5.91 Å². The molecule has 1 aliphatic rings. The maximum absolute atomic E-state index is 13.3. The van der Waals surface area contributed by atoms with Gasteiger partial charge in [-0.25, -0.2) is 8.78 Å². The van der Waals surface area contributed by atoms with Crippen molar-refractivity contribution < 1.29 is 18.3 Å². The molecule has 0 unspecified atom stereocenters. The fourth-order valence-electron chi connectivity index (χ4n) is 3.03. The van der Waals surface area contributed by atoms with Crippen LogP contribution >= 0.6 is 0 Å². The van der Waals surface area contributed by atoms with E-state index in [0.717, 1.165) is 26.1 Å². The molecule has 4 nitrogen and oxygen atoms in total. The Bertz CT molecular complexity index is 737. The van der Waals surface area contributed by atoms with Gasteiger partial charge in [-0.15, -0.1) is 0 Å². The quantitative estimate of drug-likeness (QED) is 0.821. The second-order valence-electron chi connectivity index (χ2n) is 6.30. The number of amides is 1. The number of hydrogen-bond donors (Lipinski definition) is 0. The highest BCUT2D eigenvalue weighted by atomic mass is 19.1. The van der Waals surface area contributed by atoms with Crippen LogP contribution in [-0.2, 0) is 0 Å². The van der Waals surface area contributed by atoms with Gasteiger partial charge in [0.15, 0.2) is 0 Å². The van der Waals surface area contributed by atoms with Crippen LogP contribution in [0.15, 0.2) is 48.5 Å². The van der Waals surface area contributed by atoms with Crippen LogP contribution in [0.3, 0.4) is 0 Å². The fraction of sp³-hybridized carbons (Fsp3) is 0.350. The Hall–Kier alpha value is -2.47. The number of carbonyl (C=O) groups is 1. The van der Waals surface area contributed by atoms with E-state index in [1.807, 2.05) is 0 Å². The summed E-state index contributed by atoms with van der Waals surface area (Å²) in [6, 6.07) is 11.8. The van der Waals surface area contributed by atoms with Crippen molar-refractivity contribution in [2.45, 2.75) is 6.42 Å². The summed E-state index contributed by atoms with van der Waals surface area (Å²) >= 11 is 0. The van der Waals surface area contributed by atoms with Gasteiger partial charge in [0.2, 0.25) is 0 Å². The summed E-state index contributed by atoms with van der Waals surface area (Å²) in [6.45, 7) is 4.12. The molecule has 138 valence electrons. The molecule has 1 fully saturated rings. The summed E-state index contributed by atoms with van der Waals surface area (Å²) in [5, 5.41) is 0. The Morgan fingerprint density at radius 3 is 2.54 bits per heavy atom. The molecule has 0 spiro atoms. The van der Waals surface area contributed by atoms with Gasteiger partial charge in [0, 0.05) is 38.3 Å². The predicted molar refractivity (Wildman–Crippen MR) is 95.3 cm³/mol. The lowest BCUT2D eigenvalue weighted by Gasteiger charge is -2.22. The Kier molecular flexibility index (Phi) is 6.17. The normalized spacial score (nSPS) is 15.5. The maximum Gasteiger partial charge on any atom is 0.254 e. The van der Waals surface area contributed by atoms with Crippen LogP contribution in [0.25, 0.3) is 0 Å². The number of benzene rings is 2. The minimum absolute atomic E-state index is 0.131. The summed E-state index contributed by atoms with van der Waals surface area (Å²) in [6.07, 6.45) is 0.859. The van der Waals surface area contributed by atoms with Crippen LogP contribution in [0.1, 0.15) is 16.8 Å². The van der Waals surface area contributed by atoms with Crippen molar-refractivity contribution in [3.63, 3.8) is 0 Å². The molecule has 0 bridgehead atoms. The van der Waals surface area contributed by atoms with Crippen molar-refractivity contribution in [1.82, 2.24) is 9.80 Å². The number of rotatable bonds is 5. The van der Waals surface area contributed by atoms with Gasteiger partial charge >= 0.3 is 0 Å². The van der Waals surface area contributed by atoms with Gasteiger partial charge in [-0.2, -0.15) is 0 Å². The molecule has 0 aliphatic carbocycles. The van der Waals surface area contributed by atoms with Gasteiger partial charge in [-0.3, -0.25) is 9.69 Å². The maximum atomic E-state index is 13.3. The summed E-state index contributed by atoms with van der Waals surface area (Å²) < 4.78 is 31.8. The molecule has 1 heterocycles. The Balaban J connectivity index is 1.47. The van der Waals surface area contributed by atoms with E-state index in [1.54, 1.807) is 29.2 Å². The molecule has 2 aromatic rings. The molecule has 1 amide bonds. The largest absolute Gasteiger partial charge is 0.492 e. The SMILES string of the molecule is O=C(c1cccc(F)c1)N1CCCN(CCOc2ccc(F)cc2)CC1. The first-order valence-corrected chi connectivity index (χ1v) is 8.77. The molecule has 0 atom stereocenters. The van der Waals surface area contributed by atoms with Crippen LogP contribution < -0.4 is 4.74 Å². The standard InChI is InChI=1S/C20H22F2N2O2/c21-17-5-7-19(8-6-17)26-14-13-23-9-2-10-24(12-11-23)20(25)16-3-1-4-18(22)15-16/h1,3-8,15H,2,9-14H2. The second kappa shape index (κ2) is 8.76. The molecular formula is C20H22F2N2O2. The molecule has 0 radical (unpaired) electrons. The van der Waals surface area contributed by atoms with Crippen LogP contribution in [-0.4, -0.2) is 55.0 Å². The lowest BCUT2D eigenvalue weighted by atomic mass is 10.2. The molecule has 0 aromatic heterocycles. The van der Waals surface area contributed by atoms with Crippen molar-refractivity contribution in [3.8, 4) is 5.75 Å². The van der Waals surface area contributed by atoms with Gasteiger partial charge in [0.1, 0.15) is 24.0 Å². The average Bonchev–Trinajstić information content (AvgIpc) is 2.88. The van der Waals surface area contributed by atoms with Crippen molar-refractivity contribution in [2.75, 3.05) is 39.3 Å². The Morgan fingerprint density at radius 1 is 0.962 bits per heavy atom. The van der Waals surface area contributed by atoms with Crippen molar-refractivity contribution in [3.05, 3.63) is 65.7 Å². The summed E-state index contributed by atoms with van der Waals surface area (Å²) in [5.41, 5.74) is 0.387. The van der Waals surface area contributed by atoms with E-state index in [4.69, 9.17) is 4.74 Å². The first-order valence-electron chi connectivity index (χ1n) is 8.77. The highest BCUT2D eigenvalue weighted by Gasteiger charge is 2.20. The van der Waals surface area contributed by atoms with Crippen molar-refractivity contribution >= 4 is 5.91 Å². The van der Waals surface area contributed by atoms with E-state index < -0.39 is 5.82 Å². The first kappa shape index (κ1) is 18.3. The molecule has 1 saturated heterocycles. The summed E-state index contributed by atoms with van der Waals surface area (Å²) in [5.74, 6) is -0.170. The summed E-state index contributed by atoms with van der Waals surface area (Å²) in [7, 11) is 0. The number of halogens is 2. The minimum Gasteiger partial charge on any atom is -0.492 e. The zero-order valence-electron chi connectivity index (χ0n) is 14.5. The van der Waals surface area contributed by atoms with Crippen molar-refractivity contribution in [2.24, 2.45) is 0 Å². The first-order chi connectivity index (χ1) is 12.6. The Morgan fingerprint density at radius 2 is 1.77 bits per heavy atom. The van der Waals surface area contributed by atoms with E-state index in [9.17, 15) is 13.6 Å². The Labute approximate surface area is 152 Å². The molecule has 2 aromatic carbocycles. The van der Waals surface area contributed by atoms with Gasteiger partial charge < -0.3 is 9.64 Å². The lowest BCUT2D eigenvalue weighted by Crippen LogP contribution is -2.36. The third-order valence-electron chi connectivity index (χ3n) is 4.44. The van der Waals surface area contributed by atoms with Crippen LogP contribution in [0.4, 0.5) is 8.78 Å². The monoisotopic (exact) mass is 360 g/mol. The predicted octanol–water partition coefficient (Wildman–Crippen LogP) is 3.19. The van der Waals surface area contributed by atoms with Gasteiger partial charge in [0.05, 0.1) is 0 Å². The minimum atomic E-state index is -0.398. The molecule has 0 N–H and O–H groups in total. The van der Waals surface area contributed by atoms with E-state index in [2.05, 4.69) is 4.90 Å². The molecule has 26 heavy (non-hydrogen) atoms. The highest BCUT2D eigenvalue weighted by Crippen LogP contribution is 2.13. The molecular weight excluding hydrogens is 338 g/mol. The third kappa shape index (κ3) is 5.02. The van der Waals surface area contributed by atoms with E-state index in [1.165, 1.54) is 24.3 Å². The smallest absolute Gasteiger partial charge is 0.254 e. The second-order valence-corrected chi connectivity index (χ2v) is 6.30.